The van der Waals surface area contributed by atoms with Gasteiger partial charge in [-0.1, -0.05) is 41.5 Å². The summed E-state index contributed by atoms with van der Waals surface area (Å²) in [7, 11) is 1.52. The van der Waals surface area contributed by atoms with Crippen LogP contribution in [-0.4, -0.2) is 106 Å². The minimum absolute atomic E-state index is 0.153. The number of aliphatic carboxylic acids is 1. The molecule has 272 valence electrons. The fraction of sp³-hybridized carbons (Fsp3) is 0.972. The highest BCUT2D eigenvalue weighted by atomic mass is 16.7. The van der Waals surface area contributed by atoms with Crippen molar-refractivity contribution >= 4 is 5.97 Å². The van der Waals surface area contributed by atoms with Crippen molar-refractivity contribution in [3.8, 4) is 0 Å². The Bertz CT molecular complexity index is 1110. The van der Waals surface area contributed by atoms with Gasteiger partial charge in [-0.25, -0.2) is 0 Å². The lowest BCUT2D eigenvalue weighted by atomic mass is 9.78. The van der Waals surface area contributed by atoms with Crippen molar-refractivity contribution in [3.05, 3.63) is 0 Å². The molecule has 0 aromatic rings. The van der Waals surface area contributed by atoms with Crippen LogP contribution in [0.2, 0.25) is 0 Å². The average Bonchev–Trinajstić information content (AvgIpc) is 3.73. The van der Waals surface area contributed by atoms with E-state index in [9.17, 15) is 25.2 Å². The zero-order chi connectivity index (χ0) is 34.7. The monoisotopic (exact) mass is 670 g/mol. The number of aliphatic hydroxyl groups is 3. The van der Waals surface area contributed by atoms with Crippen LogP contribution in [0, 0.1) is 35.5 Å². The summed E-state index contributed by atoms with van der Waals surface area (Å²) in [5.41, 5.74) is -1.15. The summed E-state index contributed by atoms with van der Waals surface area (Å²) < 4.78 is 39.4. The Morgan fingerprint density at radius 3 is 2.34 bits per heavy atom. The van der Waals surface area contributed by atoms with Gasteiger partial charge in [0.1, 0.15) is 0 Å². The lowest BCUT2D eigenvalue weighted by molar-refractivity contribution is -0.336. The van der Waals surface area contributed by atoms with Gasteiger partial charge in [0.25, 0.3) is 0 Å². The van der Waals surface area contributed by atoms with Crippen LogP contribution in [-0.2, 0) is 33.2 Å². The molecular weight excluding hydrogens is 608 g/mol. The minimum atomic E-state index is -1.56. The van der Waals surface area contributed by atoms with Crippen LogP contribution in [0.15, 0.2) is 0 Å². The van der Waals surface area contributed by atoms with E-state index in [2.05, 4.69) is 27.7 Å². The third-order valence-electron chi connectivity index (χ3n) is 13.0. The molecule has 11 heteroatoms. The highest BCUT2D eigenvalue weighted by molar-refractivity contribution is 5.70. The summed E-state index contributed by atoms with van der Waals surface area (Å²) in [6.45, 7) is 15.6. The van der Waals surface area contributed by atoms with Gasteiger partial charge in [-0.2, -0.15) is 0 Å². The van der Waals surface area contributed by atoms with E-state index in [4.69, 9.17) is 28.4 Å². The van der Waals surface area contributed by atoms with E-state index in [-0.39, 0.29) is 54.0 Å². The summed E-state index contributed by atoms with van der Waals surface area (Å²) in [6.07, 6.45) is 2.99. The van der Waals surface area contributed by atoms with Gasteiger partial charge in [-0.05, 0) is 64.2 Å². The van der Waals surface area contributed by atoms with Crippen molar-refractivity contribution in [1.29, 1.82) is 0 Å². The van der Waals surface area contributed by atoms with Gasteiger partial charge in [0.15, 0.2) is 11.6 Å². The maximum absolute atomic E-state index is 11.8. The lowest BCUT2D eigenvalue weighted by Crippen LogP contribution is -2.57. The van der Waals surface area contributed by atoms with E-state index in [0.717, 1.165) is 32.1 Å². The number of methoxy groups -OCH3 is 1. The predicted octanol–water partition coefficient (Wildman–Crippen LogP) is 4.27. The summed E-state index contributed by atoms with van der Waals surface area (Å²) in [5.74, 6) is -4.52. The second-order valence-electron chi connectivity index (χ2n) is 16.3. The van der Waals surface area contributed by atoms with Crippen molar-refractivity contribution in [1.82, 2.24) is 0 Å². The number of carboxylic acid groups (broad SMARTS) is 1. The fourth-order valence-corrected chi connectivity index (χ4v) is 9.91. The number of ether oxygens (including phenoxy) is 6. The zero-order valence-corrected chi connectivity index (χ0v) is 30.0. The molecule has 17 atom stereocenters. The minimum Gasteiger partial charge on any atom is -0.481 e. The molecule has 0 radical (unpaired) electrons. The van der Waals surface area contributed by atoms with Crippen LogP contribution in [0.4, 0.5) is 0 Å². The molecule has 0 bridgehead atoms. The normalized spacial score (nSPS) is 50.9. The zero-order valence-electron chi connectivity index (χ0n) is 30.0. The molecule has 0 amide bonds. The third-order valence-corrected chi connectivity index (χ3v) is 13.0. The van der Waals surface area contributed by atoms with Crippen molar-refractivity contribution in [2.75, 3.05) is 13.7 Å². The van der Waals surface area contributed by atoms with Gasteiger partial charge in [-0.15, -0.1) is 0 Å². The van der Waals surface area contributed by atoms with Crippen molar-refractivity contribution in [2.45, 2.75) is 172 Å². The Balaban J connectivity index is 1.29. The number of carbonyl (C=O) groups is 1. The molecule has 47 heavy (non-hydrogen) atoms. The molecule has 0 aromatic carbocycles. The van der Waals surface area contributed by atoms with Crippen LogP contribution < -0.4 is 0 Å². The Labute approximate surface area is 281 Å². The van der Waals surface area contributed by atoms with Gasteiger partial charge in [-0.3, -0.25) is 4.79 Å². The standard InChI is InChI=1S/C36H62O11/c1-10-34(31-20(3)16-26(43-31)28-19(2)15-21(4)36(41,18-37)46-28)12-11-27(44-34)33(8)13-14-35(47-33)17-25(38)22(5)30(45-35)23(6)29(42-9)24(7)32(39)40/h19-31,37-38,41H,10-18H2,1-9H3,(H,39,40)/t19-,20+,21+,22-,23-,24-,25+,26-,27-,28-,29+,30+,31-,33-,34+,35-,36-/m1/s1. The molecule has 5 fully saturated rings. The fourth-order valence-electron chi connectivity index (χ4n) is 9.91. The van der Waals surface area contributed by atoms with E-state index < -0.39 is 59.6 Å². The van der Waals surface area contributed by atoms with Crippen LogP contribution in [0.25, 0.3) is 0 Å². The summed E-state index contributed by atoms with van der Waals surface area (Å²) in [6, 6.07) is 0. The lowest BCUT2D eigenvalue weighted by Gasteiger charge is -2.49. The van der Waals surface area contributed by atoms with Crippen LogP contribution in [0.5, 0.6) is 0 Å². The largest absolute Gasteiger partial charge is 0.481 e. The van der Waals surface area contributed by atoms with Crippen LogP contribution in [0.3, 0.4) is 0 Å². The van der Waals surface area contributed by atoms with Gasteiger partial charge >= 0.3 is 5.97 Å². The molecule has 5 rings (SSSR count). The number of hydrogen-bond acceptors (Lipinski definition) is 10. The van der Waals surface area contributed by atoms with E-state index in [1.54, 1.807) is 6.92 Å². The van der Waals surface area contributed by atoms with Crippen molar-refractivity contribution < 1.29 is 53.6 Å². The molecule has 0 unspecified atom stereocenters. The highest BCUT2D eigenvalue weighted by Crippen LogP contribution is 2.55. The molecule has 5 saturated heterocycles. The van der Waals surface area contributed by atoms with Crippen molar-refractivity contribution in [2.24, 2.45) is 35.5 Å². The van der Waals surface area contributed by atoms with Crippen LogP contribution in [0.1, 0.15) is 107 Å². The molecule has 1 spiro atoms. The summed E-state index contributed by atoms with van der Waals surface area (Å²) in [4.78, 5) is 11.8. The Kier molecular flexibility index (Phi) is 10.9. The summed E-state index contributed by atoms with van der Waals surface area (Å²) >= 11 is 0. The number of rotatable bonds is 10. The highest BCUT2D eigenvalue weighted by Gasteiger charge is 2.62. The second-order valence-corrected chi connectivity index (χ2v) is 16.3. The molecule has 5 heterocycles. The molecule has 5 aliphatic rings. The van der Waals surface area contributed by atoms with Crippen LogP contribution >= 0.6 is 0 Å². The average molecular weight is 671 g/mol. The molecule has 0 aliphatic carbocycles. The maximum Gasteiger partial charge on any atom is 0.308 e. The second kappa shape index (κ2) is 13.7. The smallest absolute Gasteiger partial charge is 0.308 e. The van der Waals surface area contributed by atoms with E-state index in [0.29, 0.717) is 19.3 Å². The quantitative estimate of drug-likeness (QED) is 0.264. The summed E-state index contributed by atoms with van der Waals surface area (Å²) in [5, 5.41) is 41.8. The van der Waals surface area contributed by atoms with Gasteiger partial charge in [0, 0.05) is 37.7 Å². The SMILES string of the molecule is CC[C@@]1([C@@H]2O[C@@H]([C@@H]3O[C@](O)(CO)[C@@H](C)C[C@H]3C)C[C@@H]2C)CC[C@H]([C@@]2(C)CC[C@]3(C[C@H](O)[C@@H](C)[C@@H]([C@H](C)[C@H](OC)[C@@H](C)C(=O)O)O3)O2)O1. The van der Waals surface area contributed by atoms with E-state index >= 15 is 0 Å². The first-order chi connectivity index (χ1) is 22.0. The number of aliphatic hydroxyl groups excluding tert-OH is 2. The van der Waals surface area contributed by atoms with Gasteiger partial charge in [0.2, 0.25) is 0 Å². The van der Waals surface area contributed by atoms with Gasteiger partial charge in [0.05, 0.1) is 66.5 Å². The Morgan fingerprint density at radius 2 is 1.72 bits per heavy atom. The van der Waals surface area contributed by atoms with Gasteiger partial charge < -0.3 is 48.8 Å². The molecular formula is C36H62O11. The first-order valence-corrected chi connectivity index (χ1v) is 18.1. The molecule has 0 saturated carbocycles. The Morgan fingerprint density at radius 1 is 1.02 bits per heavy atom. The molecule has 11 nitrogen and oxygen atoms in total. The number of carboxylic acids is 1. The maximum atomic E-state index is 11.8. The molecule has 5 aliphatic heterocycles. The molecule has 0 aromatic heterocycles. The number of hydrogen-bond donors (Lipinski definition) is 4. The van der Waals surface area contributed by atoms with E-state index in [1.165, 1.54) is 7.11 Å². The first kappa shape index (κ1) is 37.4. The third kappa shape index (κ3) is 6.67. The van der Waals surface area contributed by atoms with Crippen molar-refractivity contribution in [3.63, 3.8) is 0 Å². The topological polar surface area (TPSA) is 153 Å². The predicted molar refractivity (Wildman–Crippen MR) is 172 cm³/mol. The Hall–Kier alpha value is -0.890. The molecule has 4 N–H and O–H groups in total. The van der Waals surface area contributed by atoms with E-state index in [1.807, 2.05) is 20.8 Å². The first-order valence-electron chi connectivity index (χ1n) is 18.1.